The number of H-pyrrole nitrogens is 1. The van der Waals surface area contributed by atoms with Crippen LogP contribution < -0.4 is 5.56 Å². The molecule has 0 aliphatic carbocycles. The van der Waals surface area contributed by atoms with Crippen LogP contribution in [0.25, 0.3) is 0 Å². The number of hydrogen-bond donors (Lipinski definition) is 1. The van der Waals surface area contributed by atoms with E-state index in [0.29, 0.717) is 12.8 Å². The minimum atomic E-state index is -0.228. The van der Waals surface area contributed by atoms with E-state index in [1.54, 1.807) is 6.20 Å². The van der Waals surface area contributed by atoms with Crippen molar-refractivity contribution in [3.8, 4) is 0 Å². The van der Waals surface area contributed by atoms with E-state index in [9.17, 15) is 9.59 Å². The van der Waals surface area contributed by atoms with Gasteiger partial charge in [0, 0.05) is 12.5 Å². The molecule has 4 heteroatoms. The number of aldehydes is 1. The Bertz CT molecular complexity index is 292. The van der Waals surface area contributed by atoms with Crippen molar-refractivity contribution in [3.05, 3.63) is 28.2 Å². The van der Waals surface area contributed by atoms with E-state index in [4.69, 9.17) is 0 Å². The SMILES string of the molecule is O=CCCc1cn[nH]c(=O)c1. The van der Waals surface area contributed by atoms with Crippen molar-refractivity contribution in [2.24, 2.45) is 0 Å². The van der Waals surface area contributed by atoms with E-state index in [-0.39, 0.29) is 5.56 Å². The summed E-state index contributed by atoms with van der Waals surface area (Å²) in [5.41, 5.74) is 0.564. The van der Waals surface area contributed by atoms with Gasteiger partial charge in [-0.25, -0.2) is 5.10 Å². The third-order valence-corrected chi connectivity index (χ3v) is 1.27. The van der Waals surface area contributed by atoms with Crippen LogP contribution in [0.4, 0.5) is 0 Å². The van der Waals surface area contributed by atoms with Gasteiger partial charge < -0.3 is 4.79 Å². The van der Waals surface area contributed by atoms with Gasteiger partial charge in [-0.15, -0.1) is 0 Å². The van der Waals surface area contributed by atoms with Crippen molar-refractivity contribution >= 4 is 6.29 Å². The van der Waals surface area contributed by atoms with E-state index in [2.05, 4.69) is 10.2 Å². The second kappa shape index (κ2) is 3.65. The average Bonchev–Trinajstić information content (AvgIpc) is 2.01. The lowest BCUT2D eigenvalue weighted by atomic mass is 10.2. The van der Waals surface area contributed by atoms with Crippen molar-refractivity contribution in [2.45, 2.75) is 12.8 Å². The zero-order valence-electron chi connectivity index (χ0n) is 5.91. The molecule has 0 fully saturated rings. The molecule has 11 heavy (non-hydrogen) atoms. The Kier molecular flexibility index (Phi) is 2.54. The number of nitrogens with one attached hydrogen (secondary N) is 1. The Hall–Kier alpha value is -1.45. The third kappa shape index (κ3) is 2.33. The molecule has 0 aromatic carbocycles. The minimum Gasteiger partial charge on any atom is -0.303 e. The highest BCUT2D eigenvalue weighted by Gasteiger charge is 1.92. The fourth-order valence-electron chi connectivity index (χ4n) is 0.779. The number of rotatable bonds is 3. The summed E-state index contributed by atoms with van der Waals surface area (Å²) in [7, 11) is 0. The van der Waals surface area contributed by atoms with Gasteiger partial charge in [0.15, 0.2) is 0 Å². The highest BCUT2D eigenvalue weighted by Crippen LogP contribution is 1.93. The Balaban J connectivity index is 2.71. The van der Waals surface area contributed by atoms with Crippen molar-refractivity contribution < 1.29 is 4.79 Å². The highest BCUT2D eigenvalue weighted by molar-refractivity contribution is 5.49. The summed E-state index contributed by atoms with van der Waals surface area (Å²) in [6.45, 7) is 0. The van der Waals surface area contributed by atoms with Crippen LogP contribution in [-0.2, 0) is 11.2 Å². The zero-order valence-corrected chi connectivity index (χ0v) is 5.91. The average molecular weight is 152 g/mol. The molecule has 4 nitrogen and oxygen atoms in total. The summed E-state index contributed by atoms with van der Waals surface area (Å²) in [6.07, 6.45) is 3.39. The molecule has 1 rings (SSSR count). The first-order valence-corrected chi connectivity index (χ1v) is 3.30. The van der Waals surface area contributed by atoms with Gasteiger partial charge in [0.2, 0.25) is 0 Å². The van der Waals surface area contributed by atoms with Gasteiger partial charge in [0.05, 0.1) is 6.20 Å². The van der Waals surface area contributed by atoms with Crippen LogP contribution in [0.5, 0.6) is 0 Å². The van der Waals surface area contributed by atoms with Crippen molar-refractivity contribution in [2.75, 3.05) is 0 Å². The van der Waals surface area contributed by atoms with Crippen molar-refractivity contribution in [3.63, 3.8) is 0 Å². The molecule has 0 saturated carbocycles. The molecule has 58 valence electrons. The lowest BCUT2D eigenvalue weighted by Crippen LogP contribution is -2.07. The van der Waals surface area contributed by atoms with Crippen LogP contribution in [0, 0.1) is 0 Å². The topological polar surface area (TPSA) is 62.8 Å². The first-order chi connectivity index (χ1) is 5.33. The molecule has 1 N–H and O–H groups in total. The Morgan fingerprint density at radius 1 is 1.64 bits per heavy atom. The van der Waals surface area contributed by atoms with E-state index in [0.717, 1.165) is 11.8 Å². The highest BCUT2D eigenvalue weighted by atomic mass is 16.1. The van der Waals surface area contributed by atoms with E-state index >= 15 is 0 Å². The molecule has 0 unspecified atom stereocenters. The van der Waals surface area contributed by atoms with Crippen molar-refractivity contribution in [1.29, 1.82) is 0 Å². The molecule has 0 saturated heterocycles. The van der Waals surface area contributed by atoms with Gasteiger partial charge >= 0.3 is 0 Å². The molecule has 0 atom stereocenters. The molecule has 1 aromatic rings. The normalized spacial score (nSPS) is 9.45. The smallest absolute Gasteiger partial charge is 0.264 e. The molecule has 0 radical (unpaired) electrons. The van der Waals surface area contributed by atoms with Gasteiger partial charge in [-0.2, -0.15) is 5.10 Å². The number of aromatic amines is 1. The maximum absolute atomic E-state index is 10.6. The summed E-state index contributed by atoms with van der Waals surface area (Å²) in [5.74, 6) is 0. The number of aromatic nitrogens is 2. The second-order valence-corrected chi connectivity index (χ2v) is 2.16. The monoisotopic (exact) mass is 152 g/mol. The summed E-state index contributed by atoms with van der Waals surface area (Å²) in [6, 6.07) is 1.44. The second-order valence-electron chi connectivity index (χ2n) is 2.16. The van der Waals surface area contributed by atoms with E-state index < -0.39 is 0 Å². The third-order valence-electron chi connectivity index (χ3n) is 1.27. The van der Waals surface area contributed by atoms with E-state index in [1.807, 2.05) is 0 Å². The van der Waals surface area contributed by atoms with Crippen LogP contribution >= 0.6 is 0 Å². The largest absolute Gasteiger partial charge is 0.303 e. The maximum Gasteiger partial charge on any atom is 0.264 e. The summed E-state index contributed by atoms with van der Waals surface area (Å²) < 4.78 is 0. The Morgan fingerprint density at radius 2 is 2.45 bits per heavy atom. The zero-order chi connectivity index (χ0) is 8.10. The number of carbonyl (C=O) groups excluding carboxylic acids is 1. The number of hydrogen-bond acceptors (Lipinski definition) is 3. The standard InChI is InChI=1S/C7H8N2O2/c10-3-1-2-6-4-7(11)9-8-5-6/h3-5H,1-2H2,(H,9,11). The predicted octanol–water partition coefficient (Wildman–Crippen LogP) is -0.0986. The lowest BCUT2D eigenvalue weighted by molar-refractivity contribution is -0.107. The van der Waals surface area contributed by atoms with Gasteiger partial charge in [-0.3, -0.25) is 4.79 Å². The molecule has 0 aliphatic rings. The summed E-state index contributed by atoms with van der Waals surface area (Å²) in [5, 5.41) is 5.84. The van der Waals surface area contributed by atoms with Crippen LogP contribution in [-0.4, -0.2) is 16.5 Å². The van der Waals surface area contributed by atoms with E-state index in [1.165, 1.54) is 6.07 Å². The lowest BCUT2D eigenvalue weighted by Gasteiger charge is -1.92. The van der Waals surface area contributed by atoms with Crippen LogP contribution in [0.3, 0.4) is 0 Å². The van der Waals surface area contributed by atoms with Crippen molar-refractivity contribution in [1.82, 2.24) is 10.2 Å². The fourth-order valence-corrected chi connectivity index (χ4v) is 0.779. The molecule has 0 amide bonds. The Labute approximate surface area is 63.3 Å². The van der Waals surface area contributed by atoms with Gasteiger partial charge in [0.1, 0.15) is 6.29 Å². The first kappa shape index (κ1) is 7.65. The fraction of sp³-hybridized carbons (Fsp3) is 0.286. The Morgan fingerprint density at radius 3 is 3.09 bits per heavy atom. The van der Waals surface area contributed by atoms with Gasteiger partial charge in [-0.1, -0.05) is 0 Å². The molecular formula is C7H8N2O2. The van der Waals surface area contributed by atoms with Gasteiger partial charge in [0.25, 0.3) is 5.56 Å². The number of nitrogens with zero attached hydrogens (tertiary/aromatic N) is 1. The van der Waals surface area contributed by atoms with Crippen LogP contribution in [0.2, 0.25) is 0 Å². The molecule has 0 bridgehead atoms. The first-order valence-electron chi connectivity index (χ1n) is 3.30. The summed E-state index contributed by atoms with van der Waals surface area (Å²) in [4.78, 5) is 20.6. The molecule has 0 aliphatic heterocycles. The minimum absolute atomic E-state index is 0.228. The number of carbonyl (C=O) groups is 1. The van der Waals surface area contributed by atoms with Gasteiger partial charge in [-0.05, 0) is 12.0 Å². The van der Waals surface area contributed by atoms with Crippen LogP contribution in [0.15, 0.2) is 17.1 Å². The molecule has 1 heterocycles. The maximum atomic E-state index is 10.6. The summed E-state index contributed by atoms with van der Waals surface area (Å²) >= 11 is 0. The quantitative estimate of drug-likeness (QED) is 0.615. The molecular weight excluding hydrogens is 144 g/mol. The number of aryl methyl sites for hydroxylation is 1. The molecule has 1 aromatic heterocycles. The van der Waals surface area contributed by atoms with Crippen LogP contribution in [0.1, 0.15) is 12.0 Å². The predicted molar refractivity (Wildman–Crippen MR) is 39.2 cm³/mol. The molecule has 0 spiro atoms.